The van der Waals surface area contributed by atoms with Gasteiger partial charge in [0.25, 0.3) is 0 Å². The van der Waals surface area contributed by atoms with Crippen molar-refractivity contribution in [3.8, 4) is 0 Å². The maximum absolute atomic E-state index is 9.42. The van der Waals surface area contributed by atoms with Crippen molar-refractivity contribution < 1.29 is 5.11 Å². The first kappa shape index (κ1) is 10.2. The minimum absolute atomic E-state index is 0.0116. The summed E-state index contributed by atoms with van der Waals surface area (Å²) in [6.45, 7) is 0. The van der Waals surface area contributed by atoms with Crippen LogP contribution in [0.5, 0.6) is 0 Å². The van der Waals surface area contributed by atoms with Crippen LogP contribution in [-0.2, 0) is 0 Å². The summed E-state index contributed by atoms with van der Waals surface area (Å²) in [5.74, 6) is 1.86. The van der Waals surface area contributed by atoms with Crippen molar-refractivity contribution in [1.29, 1.82) is 0 Å². The van der Waals surface area contributed by atoms with E-state index in [0.29, 0.717) is 0 Å². The molecule has 1 saturated carbocycles. The second-order valence-corrected chi connectivity index (χ2v) is 5.06. The fourth-order valence-corrected chi connectivity index (χ4v) is 2.92. The molecular weight excluding hydrogens is 172 g/mol. The molecule has 2 aliphatic carbocycles. The number of hydrogen-bond acceptors (Lipinski definition) is 1. The second-order valence-electron chi connectivity index (χ2n) is 5.06. The van der Waals surface area contributed by atoms with E-state index in [1.165, 1.54) is 38.5 Å². The van der Waals surface area contributed by atoms with Gasteiger partial charge in [0, 0.05) is 0 Å². The average Bonchev–Trinajstić information content (AvgIpc) is 2.23. The molecule has 0 spiro atoms. The predicted molar refractivity (Wildman–Crippen MR) is 59.1 cm³/mol. The number of hydrogen-bond donors (Lipinski definition) is 1. The molecule has 80 valence electrons. The number of allylic oxidation sites excluding steroid dienone is 2. The van der Waals surface area contributed by atoms with Gasteiger partial charge in [-0.05, 0) is 63.2 Å². The van der Waals surface area contributed by atoms with Crippen molar-refractivity contribution in [2.24, 2.45) is 11.8 Å². The van der Waals surface area contributed by atoms with Gasteiger partial charge in [0.2, 0.25) is 0 Å². The molecule has 0 heterocycles. The molecular formula is C13H22O. The fourth-order valence-electron chi connectivity index (χ4n) is 2.92. The van der Waals surface area contributed by atoms with Crippen LogP contribution in [-0.4, -0.2) is 11.2 Å². The fraction of sp³-hybridized carbons (Fsp3) is 0.846. The summed E-state index contributed by atoms with van der Waals surface area (Å²) < 4.78 is 0. The van der Waals surface area contributed by atoms with Gasteiger partial charge >= 0.3 is 0 Å². The van der Waals surface area contributed by atoms with Crippen molar-refractivity contribution in [2.45, 2.75) is 57.5 Å². The highest BCUT2D eigenvalue weighted by Gasteiger charge is 2.22. The van der Waals surface area contributed by atoms with Gasteiger partial charge in [-0.3, -0.25) is 0 Å². The summed E-state index contributed by atoms with van der Waals surface area (Å²) in [6.07, 6.45) is 14.7. The molecule has 1 N–H and O–H groups in total. The zero-order valence-electron chi connectivity index (χ0n) is 8.99. The molecule has 0 aromatic carbocycles. The quantitative estimate of drug-likeness (QED) is 0.669. The van der Waals surface area contributed by atoms with E-state index in [0.717, 1.165) is 24.7 Å². The summed E-state index contributed by atoms with van der Waals surface area (Å²) in [7, 11) is 0. The van der Waals surface area contributed by atoms with Crippen LogP contribution in [0.4, 0.5) is 0 Å². The molecule has 1 fully saturated rings. The Kier molecular flexibility index (Phi) is 3.63. The molecule has 1 heteroatoms. The Labute approximate surface area is 87.2 Å². The highest BCUT2D eigenvalue weighted by Crippen LogP contribution is 2.33. The minimum atomic E-state index is 0.0116. The normalized spacial score (nSPS) is 38.5. The number of aliphatic hydroxyl groups excluding tert-OH is 1. The van der Waals surface area contributed by atoms with Crippen LogP contribution < -0.4 is 0 Å². The molecule has 0 radical (unpaired) electrons. The lowest BCUT2D eigenvalue weighted by Gasteiger charge is -2.29. The van der Waals surface area contributed by atoms with Crippen molar-refractivity contribution in [2.75, 3.05) is 0 Å². The number of rotatable bonds is 2. The van der Waals surface area contributed by atoms with Crippen LogP contribution in [0.25, 0.3) is 0 Å². The standard InChI is InChI=1S/C13H22O/c14-13-8-6-12(7-9-13)10-11-4-2-1-3-5-11/h1-2,11-14H,3-10H2. The molecule has 0 saturated heterocycles. The lowest BCUT2D eigenvalue weighted by molar-refractivity contribution is 0.101. The van der Waals surface area contributed by atoms with Crippen molar-refractivity contribution in [1.82, 2.24) is 0 Å². The van der Waals surface area contributed by atoms with Gasteiger partial charge in [-0.15, -0.1) is 0 Å². The average molecular weight is 194 g/mol. The Hall–Kier alpha value is -0.300. The Morgan fingerprint density at radius 2 is 1.71 bits per heavy atom. The molecule has 1 atom stereocenters. The maximum Gasteiger partial charge on any atom is 0.0540 e. The van der Waals surface area contributed by atoms with Gasteiger partial charge in [0.15, 0.2) is 0 Å². The van der Waals surface area contributed by atoms with Gasteiger partial charge in [0.1, 0.15) is 0 Å². The first-order valence-electron chi connectivity index (χ1n) is 6.17. The van der Waals surface area contributed by atoms with E-state index in [1.807, 2.05) is 0 Å². The SMILES string of the molecule is OC1CCC(CC2CC=CCC2)CC1. The summed E-state index contributed by atoms with van der Waals surface area (Å²) in [6, 6.07) is 0. The molecule has 1 unspecified atom stereocenters. The van der Waals surface area contributed by atoms with Crippen molar-refractivity contribution in [3.05, 3.63) is 12.2 Å². The molecule has 2 rings (SSSR count). The summed E-state index contributed by atoms with van der Waals surface area (Å²) >= 11 is 0. The molecule has 0 amide bonds. The van der Waals surface area contributed by atoms with E-state index >= 15 is 0 Å². The van der Waals surface area contributed by atoms with Gasteiger partial charge in [-0.25, -0.2) is 0 Å². The maximum atomic E-state index is 9.42. The smallest absolute Gasteiger partial charge is 0.0540 e. The zero-order chi connectivity index (χ0) is 9.80. The molecule has 2 aliphatic rings. The van der Waals surface area contributed by atoms with E-state index < -0.39 is 0 Å². The van der Waals surface area contributed by atoms with Crippen molar-refractivity contribution in [3.63, 3.8) is 0 Å². The summed E-state index contributed by atoms with van der Waals surface area (Å²) in [5.41, 5.74) is 0. The third kappa shape index (κ3) is 2.84. The third-order valence-corrected chi connectivity index (χ3v) is 3.86. The van der Waals surface area contributed by atoms with Crippen LogP contribution in [0.2, 0.25) is 0 Å². The highest BCUT2D eigenvalue weighted by molar-refractivity contribution is 4.90. The first-order chi connectivity index (χ1) is 6.84. The third-order valence-electron chi connectivity index (χ3n) is 3.86. The molecule has 0 bridgehead atoms. The molecule has 0 aromatic rings. The van der Waals surface area contributed by atoms with Gasteiger partial charge in [-0.1, -0.05) is 12.2 Å². The lowest BCUT2D eigenvalue weighted by Crippen LogP contribution is -2.20. The second kappa shape index (κ2) is 4.97. The van der Waals surface area contributed by atoms with Crippen LogP contribution in [0.3, 0.4) is 0 Å². The Bertz CT molecular complexity index is 189. The molecule has 0 aromatic heterocycles. The van der Waals surface area contributed by atoms with E-state index in [2.05, 4.69) is 12.2 Å². The topological polar surface area (TPSA) is 20.2 Å². The van der Waals surface area contributed by atoms with E-state index in [9.17, 15) is 5.11 Å². The van der Waals surface area contributed by atoms with E-state index in [1.54, 1.807) is 0 Å². The van der Waals surface area contributed by atoms with Crippen LogP contribution in [0, 0.1) is 11.8 Å². The predicted octanol–water partition coefficient (Wildman–Crippen LogP) is 3.28. The van der Waals surface area contributed by atoms with E-state index in [4.69, 9.17) is 0 Å². The Balaban J connectivity index is 1.72. The lowest BCUT2D eigenvalue weighted by atomic mass is 9.78. The monoisotopic (exact) mass is 194 g/mol. The molecule has 14 heavy (non-hydrogen) atoms. The zero-order valence-corrected chi connectivity index (χ0v) is 8.99. The summed E-state index contributed by atoms with van der Waals surface area (Å²) in [5, 5.41) is 9.42. The molecule has 1 nitrogen and oxygen atoms in total. The van der Waals surface area contributed by atoms with Crippen molar-refractivity contribution >= 4 is 0 Å². The Morgan fingerprint density at radius 3 is 2.36 bits per heavy atom. The van der Waals surface area contributed by atoms with Crippen LogP contribution in [0.1, 0.15) is 51.4 Å². The molecule has 0 aliphatic heterocycles. The Morgan fingerprint density at radius 1 is 0.929 bits per heavy atom. The van der Waals surface area contributed by atoms with E-state index in [-0.39, 0.29) is 6.10 Å². The van der Waals surface area contributed by atoms with Gasteiger partial charge < -0.3 is 5.11 Å². The van der Waals surface area contributed by atoms with Crippen LogP contribution in [0.15, 0.2) is 12.2 Å². The first-order valence-corrected chi connectivity index (χ1v) is 6.17. The number of aliphatic hydroxyl groups is 1. The minimum Gasteiger partial charge on any atom is -0.393 e. The van der Waals surface area contributed by atoms with Crippen LogP contribution >= 0.6 is 0 Å². The van der Waals surface area contributed by atoms with Gasteiger partial charge in [-0.2, -0.15) is 0 Å². The summed E-state index contributed by atoms with van der Waals surface area (Å²) in [4.78, 5) is 0. The highest BCUT2D eigenvalue weighted by atomic mass is 16.3. The largest absolute Gasteiger partial charge is 0.393 e. The van der Waals surface area contributed by atoms with Gasteiger partial charge in [0.05, 0.1) is 6.10 Å².